The molecule has 28 heavy (non-hydrogen) atoms. The number of hydrogen-bond acceptors (Lipinski definition) is 4. The van der Waals surface area contributed by atoms with Gasteiger partial charge in [-0.25, -0.2) is 9.59 Å². The van der Waals surface area contributed by atoms with Crippen molar-refractivity contribution in [2.45, 2.75) is 20.0 Å². The Morgan fingerprint density at radius 2 is 1.82 bits per heavy atom. The fourth-order valence-electron chi connectivity index (χ4n) is 2.49. The maximum absolute atomic E-state index is 12.4. The van der Waals surface area contributed by atoms with E-state index in [4.69, 9.17) is 9.84 Å². The summed E-state index contributed by atoms with van der Waals surface area (Å²) in [6.07, 6.45) is 0.735. The first-order chi connectivity index (χ1) is 13.2. The molecule has 0 aromatic heterocycles. The molecule has 0 bridgehead atoms. The van der Waals surface area contributed by atoms with Crippen LogP contribution in [0.15, 0.2) is 57.5 Å². The van der Waals surface area contributed by atoms with Gasteiger partial charge in [0.15, 0.2) is 0 Å². The minimum absolute atomic E-state index is 0.0908. The highest BCUT2D eigenvalue weighted by molar-refractivity contribution is 9.11. The van der Waals surface area contributed by atoms with Crippen LogP contribution in [0.3, 0.4) is 0 Å². The molecule has 2 aromatic rings. The first kappa shape index (κ1) is 22.0. The van der Waals surface area contributed by atoms with Crippen LogP contribution < -0.4 is 5.32 Å². The zero-order chi connectivity index (χ0) is 20.8. The van der Waals surface area contributed by atoms with Crippen molar-refractivity contribution in [3.8, 4) is 5.75 Å². The highest BCUT2D eigenvalue weighted by Crippen LogP contribution is 2.40. The van der Waals surface area contributed by atoms with E-state index in [1.165, 1.54) is 6.08 Å². The predicted molar refractivity (Wildman–Crippen MR) is 113 cm³/mol. The average Bonchev–Trinajstić information content (AvgIpc) is 2.62. The number of phenolic OH excluding ortho intramolecular Hbond substituents is 1. The molecule has 148 valence electrons. The Morgan fingerprint density at radius 3 is 2.43 bits per heavy atom. The predicted octanol–water partition coefficient (Wildman–Crippen LogP) is 5.79. The van der Waals surface area contributed by atoms with Crippen LogP contribution in [-0.2, 0) is 9.53 Å². The number of halogens is 2. The second-order valence-electron chi connectivity index (χ2n) is 6.20. The first-order valence-corrected chi connectivity index (χ1v) is 9.89. The minimum atomic E-state index is -1.12. The molecule has 8 heteroatoms. The molecule has 2 aromatic carbocycles. The number of carbonyl (C=O) groups excluding carboxylic acids is 1. The summed E-state index contributed by atoms with van der Waals surface area (Å²) in [6.45, 7) is 3.63. The maximum Gasteiger partial charge on any atom is 0.412 e. The van der Waals surface area contributed by atoms with Crippen LogP contribution in [0, 0.1) is 12.8 Å². The second-order valence-corrected chi connectivity index (χ2v) is 7.97. The fourth-order valence-corrected chi connectivity index (χ4v) is 3.75. The monoisotopic (exact) mass is 511 g/mol. The van der Waals surface area contributed by atoms with E-state index in [0.717, 1.165) is 11.6 Å². The Hall–Kier alpha value is -2.32. The maximum atomic E-state index is 12.4. The van der Waals surface area contributed by atoms with Crippen molar-refractivity contribution in [2.75, 3.05) is 5.32 Å². The first-order valence-electron chi connectivity index (χ1n) is 8.30. The average molecular weight is 513 g/mol. The van der Waals surface area contributed by atoms with E-state index in [9.17, 15) is 14.7 Å². The zero-order valence-electron chi connectivity index (χ0n) is 15.1. The van der Waals surface area contributed by atoms with Gasteiger partial charge in [-0.15, -0.1) is 0 Å². The number of amides is 1. The number of carboxylic acids is 1. The zero-order valence-corrected chi connectivity index (χ0v) is 18.3. The highest BCUT2D eigenvalue weighted by atomic mass is 79.9. The largest absolute Gasteiger partial charge is 0.506 e. The SMILES string of the molecule is Cc1ccc(NC(=O)O[C@@H](c2cc(Br)cc(Br)c2O)[C@@H](C)/C=C/C(=O)O)cc1. The molecule has 0 aliphatic carbocycles. The van der Waals surface area contributed by atoms with Gasteiger partial charge < -0.3 is 14.9 Å². The molecule has 6 nitrogen and oxygen atoms in total. The van der Waals surface area contributed by atoms with Gasteiger partial charge in [-0.2, -0.15) is 0 Å². The van der Waals surface area contributed by atoms with E-state index in [0.29, 0.717) is 20.2 Å². The van der Waals surface area contributed by atoms with E-state index >= 15 is 0 Å². The molecular formula is C20H19Br2NO5. The smallest absolute Gasteiger partial charge is 0.412 e. The third-order valence-corrected chi connectivity index (χ3v) is 4.98. The number of rotatable bonds is 6. The van der Waals surface area contributed by atoms with Crippen molar-refractivity contribution >= 4 is 49.6 Å². The molecule has 0 saturated carbocycles. The van der Waals surface area contributed by atoms with Crippen LogP contribution in [0.1, 0.15) is 24.2 Å². The van der Waals surface area contributed by atoms with Crippen LogP contribution >= 0.6 is 31.9 Å². The van der Waals surface area contributed by atoms with Crippen molar-refractivity contribution < 1.29 is 24.5 Å². The molecule has 0 heterocycles. The molecular weight excluding hydrogens is 494 g/mol. The number of carbonyl (C=O) groups is 2. The number of nitrogens with one attached hydrogen (secondary N) is 1. The van der Waals surface area contributed by atoms with Crippen molar-refractivity contribution in [3.05, 3.63) is 68.6 Å². The van der Waals surface area contributed by atoms with Crippen molar-refractivity contribution in [1.82, 2.24) is 0 Å². The summed E-state index contributed by atoms with van der Waals surface area (Å²) < 4.78 is 6.64. The van der Waals surface area contributed by atoms with Gasteiger partial charge >= 0.3 is 12.1 Å². The molecule has 0 saturated heterocycles. The number of carboxylic acid groups (broad SMARTS) is 1. The lowest BCUT2D eigenvalue weighted by Crippen LogP contribution is -2.21. The summed E-state index contributed by atoms with van der Waals surface area (Å²) in [5.74, 6) is -1.73. The number of benzene rings is 2. The van der Waals surface area contributed by atoms with E-state index in [-0.39, 0.29) is 5.75 Å². The van der Waals surface area contributed by atoms with E-state index < -0.39 is 24.1 Å². The Bertz CT molecular complexity index is 896. The molecule has 0 aliphatic heterocycles. The molecule has 3 N–H and O–H groups in total. The van der Waals surface area contributed by atoms with Gasteiger partial charge in [-0.3, -0.25) is 5.32 Å². The molecule has 1 amide bonds. The lowest BCUT2D eigenvalue weighted by molar-refractivity contribution is -0.131. The van der Waals surface area contributed by atoms with Crippen LogP contribution in [0.2, 0.25) is 0 Å². The van der Waals surface area contributed by atoms with Crippen LogP contribution in [0.4, 0.5) is 10.5 Å². The number of aromatic hydroxyl groups is 1. The summed E-state index contributed by atoms with van der Waals surface area (Å²) in [6, 6.07) is 10.5. The van der Waals surface area contributed by atoms with E-state index in [2.05, 4.69) is 37.2 Å². The summed E-state index contributed by atoms with van der Waals surface area (Å²) in [5.41, 5.74) is 1.94. The number of aryl methyl sites for hydroxylation is 1. The molecule has 0 spiro atoms. The van der Waals surface area contributed by atoms with E-state index in [1.807, 2.05) is 19.1 Å². The molecule has 2 atom stereocenters. The van der Waals surface area contributed by atoms with Crippen molar-refractivity contribution in [1.29, 1.82) is 0 Å². The third-order valence-electron chi connectivity index (χ3n) is 3.92. The number of hydrogen-bond donors (Lipinski definition) is 3. The summed E-state index contributed by atoms with van der Waals surface area (Å²) in [7, 11) is 0. The van der Waals surface area contributed by atoms with Gasteiger partial charge in [0.2, 0.25) is 0 Å². The highest BCUT2D eigenvalue weighted by Gasteiger charge is 2.26. The number of aliphatic carboxylic acids is 1. The summed E-state index contributed by atoms with van der Waals surface area (Å²) >= 11 is 6.60. The van der Waals surface area contributed by atoms with E-state index in [1.54, 1.807) is 31.2 Å². The third kappa shape index (κ3) is 6.10. The topological polar surface area (TPSA) is 95.9 Å². The Labute approximate surface area is 179 Å². The normalized spacial score (nSPS) is 13.1. The van der Waals surface area contributed by atoms with Crippen molar-refractivity contribution in [3.63, 3.8) is 0 Å². The Morgan fingerprint density at radius 1 is 1.18 bits per heavy atom. The molecule has 0 fully saturated rings. The van der Waals surface area contributed by atoms with Gasteiger partial charge in [0.05, 0.1) is 4.47 Å². The summed E-state index contributed by atoms with van der Waals surface area (Å²) in [4.78, 5) is 23.3. The Balaban J connectivity index is 2.31. The lowest BCUT2D eigenvalue weighted by Gasteiger charge is -2.24. The number of ether oxygens (including phenoxy) is 1. The van der Waals surface area contributed by atoms with Crippen LogP contribution in [-0.4, -0.2) is 22.3 Å². The molecule has 0 aliphatic rings. The van der Waals surface area contributed by atoms with Gasteiger partial charge in [0.1, 0.15) is 11.9 Å². The van der Waals surface area contributed by atoms with Crippen LogP contribution in [0.25, 0.3) is 0 Å². The molecule has 0 unspecified atom stereocenters. The van der Waals surface area contributed by atoms with Gasteiger partial charge in [-0.05, 0) is 47.1 Å². The fraction of sp³-hybridized carbons (Fsp3) is 0.200. The lowest BCUT2D eigenvalue weighted by atomic mass is 9.96. The van der Waals surface area contributed by atoms with Gasteiger partial charge in [0, 0.05) is 27.7 Å². The molecule has 0 radical (unpaired) electrons. The quantitative estimate of drug-likeness (QED) is 0.425. The minimum Gasteiger partial charge on any atom is -0.506 e. The van der Waals surface area contributed by atoms with Crippen LogP contribution in [0.5, 0.6) is 5.75 Å². The van der Waals surface area contributed by atoms with Gasteiger partial charge in [0.25, 0.3) is 0 Å². The second kappa shape index (κ2) is 9.75. The van der Waals surface area contributed by atoms with Crippen molar-refractivity contribution in [2.24, 2.45) is 5.92 Å². The number of phenols is 1. The Kier molecular flexibility index (Phi) is 7.65. The summed E-state index contributed by atoms with van der Waals surface area (Å²) in [5, 5.41) is 21.9. The number of anilines is 1. The standard InChI is InChI=1S/C20H19Br2NO5/c1-11-3-6-14(7-4-11)23-20(27)28-19(12(2)5-8-17(24)25)15-9-13(21)10-16(22)18(15)26/h3-10,12,19,26H,1-2H3,(H,23,27)(H,24,25)/b8-5+/t12-,19+/m0/s1. The molecule has 2 rings (SSSR count). The van der Waals surface area contributed by atoms with Gasteiger partial charge in [-0.1, -0.05) is 46.6 Å².